The van der Waals surface area contributed by atoms with E-state index in [1.54, 1.807) is 32.0 Å². The first-order valence-electron chi connectivity index (χ1n) is 5.74. The number of benzene rings is 1. The minimum absolute atomic E-state index is 0.440. The van der Waals surface area contributed by atoms with Gasteiger partial charge in [0.05, 0.1) is 4.47 Å². The molecule has 1 unspecified atom stereocenters. The second kappa shape index (κ2) is 6.98. The summed E-state index contributed by atoms with van der Waals surface area (Å²) in [7, 11) is 0. The topological polar surface area (TPSA) is 93.5 Å². The molecule has 1 aromatic carbocycles. The predicted octanol–water partition coefficient (Wildman–Crippen LogP) is 1.64. The zero-order chi connectivity index (χ0) is 14.4. The standard InChI is InChI=1S/C12H16BrN3O3/c1-3-15-12(18)16-11(17)7(2)19-10-6-8(14)4-5-9(10)13/h4-7H,3,14H2,1-2H3,(H2,15,16,17,18). The normalized spacial score (nSPS) is 11.5. The van der Waals surface area contributed by atoms with Gasteiger partial charge in [0, 0.05) is 18.3 Å². The Balaban J connectivity index is 2.63. The third-order valence-electron chi connectivity index (χ3n) is 2.20. The molecule has 3 amide bonds. The third-order valence-corrected chi connectivity index (χ3v) is 2.86. The Kier molecular flexibility index (Phi) is 5.62. The lowest BCUT2D eigenvalue weighted by Gasteiger charge is -2.15. The summed E-state index contributed by atoms with van der Waals surface area (Å²) in [6.07, 6.45) is -0.819. The Morgan fingerprint density at radius 2 is 2.16 bits per heavy atom. The molecule has 6 nitrogen and oxygen atoms in total. The number of hydrogen-bond donors (Lipinski definition) is 3. The number of carbonyl (C=O) groups excluding carboxylic acids is 2. The van der Waals surface area contributed by atoms with Gasteiger partial charge in [-0.2, -0.15) is 0 Å². The van der Waals surface area contributed by atoms with E-state index in [-0.39, 0.29) is 0 Å². The Morgan fingerprint density at radius 1 is 1.47 bits per heavy atom. The van der Waals surface area contributed by atoms with Crippen LogP contribution in [-0.4, -0.2) is 24.6 Å². The third kappa shape index (κ3) is 4.78. The van der Waals surface area contributed by atoms with E-state index in [0.29, 0.717) is 22.5 Å². The van der Waals surface area contributed by atoms with E-state index < -0.39 is 18.0 Å². The van der Waals surface area contributed by atoms with Gasteiger partial charge in [-0.25, -0.2) is 4.79 Å². The molecule has 7 heteroatoms. The molecular weight excluding hydrogens is 314 g/mol. The highest BCUT2D eigenvalue weighted by Crippen LogP contribution is 2.27. The van der Waals surface area contributed by atoms with Crippen molar-refractivity contribution in [3.63, 3.8) is 0 Å². The summed E-state index contributed by atoms with van der Waals surface area (Å²) in [5, 5.41) is 4.63. The van der Waals surface area contributed by atoms with Gasteiger partial charge in [-0.1, -0.05) is 0 Å². The van der Waals surface area contributed by atoms with Crippen molar-refractivity contribution in [3.8, 4) is 5.75 Å². The maximum absolute atomic E-state index is 11.7. The average Bonchev–Trinajstić information content (AvgIpc) is 2.34. The molecule has 1 aromatic rings. The molecule has 0 aliphatic rings. The Hall–Kier alpha value is -1.76. The minimum Gasteiger partial charge on any atom is -0.480 e. The monoisotopic (exact) mass is 329 g/mol. The van der Waals surface area contributed by atoms with Crippen LogP contribution in [0.5, 0.6) is 5.75 Å². The van der Waals surface area contributed by atoms with E-state index >= 15 is 0 Å². The number of amides is 3. The summed E-state index contributed by atoms with van der Waals surface area (Å²) in [6.45, 7) is 3.74. The number of nitrogen functional groups attached to an aromatic ring is 1. The highest BCUT2D eigenvalue weighted by atomic mass is 79.9. The first-order chi connectivity index (χ1) is 8.93. The number of rotatable bonds is 4. The molecule has 0 saturated heterocycles. The molecule has 0 radical (unpaired) electrons. The maximum atomic E-state index is 11.7. The number of halogens is 1. The van der Waals surface area contributed by atoms with Crippen LogP contribution in [-0.2, 0) is 4.79 Å². The number of hydrogen-bond acceptors (Lipinski definition) is 4. The smallest absolute Gasteiger partial charge is 0.321 e. The largest absolute Gasteiger partial charge is 0.480 e. The van der Waals surface area contributed by atoms with E-state index in [0.717, 1.165) is 0 Å². The van der Waals surface area contributed by atoms with Crippen LogP contribution in [0.1, 0.15) is 13.8 Å². The highest BCUT2D eigenvalue weighted by molar-refractivity contribution is 9.10. The molecule has 4 N–H and O–H groups in total. The van der Waals surface area contributed by atoms with Crippen molar-refractivity contribution >= 4 is 33.6 Å². The van der Waals surface area contributed by atoms with Crippen molar-refractivity contribution < 1.29 is 14.3 Å². The lowest BCUT2D eigenvalue weighted by molar-refractivity contribution is -0.126. The van der Waals surface area contributed by atoms with Crippen LogP contribution >= 0.6 is 15.9 Å². The van der Waals surface area contributed by atoms with E-state index in [9.17, 15) is 9.59 Å². The average molecular weight is 330 g/mol. The molecule has 0 fully saturated rings. The van der Waals surface area contributed by atoms with Crippen molar-refractivity contribution in [1.82, 2.24) is 10.6 Å². The van der Waals surface area contributed by atoms with Crippen LogP contribution in [0.4, 0.5) is 10.5 Å². The molecule has 104 valence electrons. The number of nitrogens with two attached hydrogens (primary N) is 1. The van der Waals surface area contributed by atoms with Crippen LogP contribution in [0, 0.1) is 0 Å². The second-order valence-corrected chi connectivity index (χ2v) is 4.65. The lowest BCUT2D eigenvalue weighted by Crippen LogP contribution is -2.45. The maximum Gasteiger partial charge on any atom is 0.321 e. The van der Waals surface area contributed by atoms with Crippen molar-refractivity contribution in [1.29, 1.82) is 0 Å². The van der Waals surface area contributed by atoms with Crippen LogP contribution in [0.3, 0.4) is 0 Å². The van der Waals surface area contributed by atoms with Gasteiger partial charge in [-0.3, -0.25) is 10.1 Å². The number of anilines is 1. The van der Waals surface area contributed by atoms with Crippen LogP contribution in [0.15, 0.2) is 22.7 Å². The van der Waals surface area contributed by atoms with Gasteiger partial charge < -0.3 is 15.8 Å². The van der Waals surface area contributed by atoms with Crippen LogP contribution in [0.2, 0.25) is 0 Å². The Bertz CT molecular complexity index is 479. The minimum atomic E-state index is -0.819. The molecule has 0 bridgehead atoms. The zero-order valence-electron chi connectivity index (χ0n) is 10.7. The van der Waals surface area contributed by atoms with Gasteiger partial charge in [0.2, 0.25) is 0 Å². The SMILES string of the molecule is CCNC(=O)NC(=O)C(C)Oc1cc(N)ccc1Br. The van der Waals surface area contributed by atoms with Crippen LogP contribution < -0.4 is 21.1 Å². The molecule has 1 atom stereocenters. The van der Waals surface area contributed by atoms with Gasteiger partial charge in [-0.15, -0.1) is 0 Å². The Morgan fingerprint density at radius 3 is 2.79 bits per heavy atom. The fraction of sp³-hybridized carbons (Fsp3) is 0.333. The van der Waals surface area contributed by atoms with Gasteiger partial charge in [0.25, 0.3) is 5.91 Å². The zero-order valence-corrected chi connectivity index (χ0v) is 12.3. The summed E-state index contributed by atoms with van der Waals surface area (Å²) in [5.41, 5.74) is 6.16. The van der Waals surface area contributed by atoms with Crippen molar-refractivity contribution in [3.05, 3.63) is 22.7 Å². The fourth-order valence-electron chi connectivity index (χ4n) is 1.27. The molecule has 0 aliphatic heterocycles. The van der Waals surface area contributed by atoms with Gasteiger partial charge in [0.15, 0.2) is 6.10 Å². The van der Waals surface area contributed by atoms with Crippen LogP contribution in [0.25, 0.3) is 0 Å². The predicted molar refractivity (Wildman–Crippen MR) is 75.9 cm³/mol. The molecule has 0 saturated carbocycles. The van der Waals surface area contributed by atoms with Gasteiger partial charge in [-0.05, 0) is 41.9 Å². The first-order valence-corrected chi connectivity index (χ1v) is 6.53. The van der Waals surface area contributed by atoms with Gasteiger partial charge >= 0.3 is 6.03 Å². The quantitative estimate of drug-likeness (QED) is 0.732. The molecule has 0 aromatic heterocycles. The number of carbonyl (C=O) groups is 2. The van der Waals surface area contributed by atoms with Crippen molar-refractivity contribution in [2.24, 2.45) is 0 Å². The highest BCUT2D eigenvalue weighted by Gasteiger charge is 2.18. The lowest BCUT2D eigenvalue weighted by atomic mass is 10.3. The number of nitrogens with one attached hydrogen (secondary N) is 2. The fourth-order valence-corrected chi connectivity index (χ4v) is 1.61. The second-order valence-electron chi connectivity index (χ2n) is 3.80. The summed E-state index contributed by atoms with van der Waals surface area (Å²) in [5.74, 6) is -0.0844. The van der Waals surface area contributed by atoms with E-state index in [4.69, 9.17) is 10.5 Å². The molecule has 0 heterocycles. The van der Waals surface area contributed by atoms with Gasteiger partial charge in [0.1, 0.15) is 5.75 Å². The summed E-state index contributed by atoms with van der Waals surface area (Å²) < 4.78 is 6.13. The first kappa shape index (κ1) is 15.3. The summed E-state index contributed by atoms with van der Waals surface area (Å²) in [6, 6.07) is 4.48. The Labute approximate surface area is 119 Å². The molecule has 0 aliphatic carbocycles. The molecule has 0 spiro atoms. The number of ether oxygens (including phenoxy) is 1. The number of urea groups is 1. The summed E-state index contributed by atoms with van der Waals surface area (Å²) >= 11 is 3.29. The van der Waals surface area contributed by atoms with E-state index in [2.05, 4.69) is 26.6 Å². The molecule has 19 heavy (non-hydrogen) atoms. The molecule has 1 rings (SSSR count). The van der Waals surface area contributed by atoms with Crippen molar-refractivity contribution in [2.45, 2.75) is 20.0 Å². The number of imide groups is 1. The van der Waals surface area contributed by atoms with E-state index in [1.165, 1.54) is 0 Å². The van der Waals surface area contributed by atoms with E-state index in [1.807, 2.05) is 0 Å². The summed E-state index contributed by atoms with van der Waals surface area (Å²) in [4.78, 5) is 22.9. The van der Waals surface area contributed by atoms with Crippen molar-refractivity contribution in [2.75, 3.05) is 12.3 Å². The molecular formula is C12H16BrN3O3.